The number of hydrogen-bond donors (Lipinski definition) is 3. The molecule has 0 spiro atoms. The molecule has 0 unspecified atom stereocenters. The summed E-state index contributed by atoms with van der Waals surface area (Å²) in [6.45, 7) is 2.45. The predicted molar refractivity (Wildman–Crippen MR) is 172 cm³/mol. The fourth-order valence-corrected chi connectivity index (χ4v) is 4.65. The van der Waals surface area contributed by atoms with Crippen LogP contribution in [0.5, 0.6) is 11.5 Å². The Hall–Kier alpha value is -4.86. The molecule has 43 heavy (non-hydrogen) atoms. The second-order valence-electron chi connectivity index (χ2n) is 9.91. The SMILES string of the molecule is COCCOc1cc2ncnc(Nc3cccc(/C(N)=C/NCCc4ccc5ccccc5c4)c3)c2cc1OCCOC. The smallest absolute Gasteiger partial charge is 0.163 e. The van der Waals surface area contributed by atoms with Crippen LogP contribution in [0.3, 0.4) is 0 Å². The summed E-state index contributed by atoms with van der Waals surface area (Å²) >= 11 is 0. The molecule has 9 nitrogen and oxygen atoms in total. The Bertz CT molecular complexity index is 1690. The minimum Gasteiger partial charge on any atom is -0.487 e. The van der Waals surface area contributed by atoms with Crippen LogP contribution in [0.2, 0.25) is 0 Å². The predicted octanol–water partition coefficient (Wildman–Crippen LogP) is 5.67. The lowest BCUT2D eigenvalue weighted by atomic mass is 10.1. The maximum absolute atomic E-state index is 6.44. The van der Waals surface area contributed by atoms with Crippen LogP contribution in [0.15, 0.2) is 91.4 Å². The van der Waals surface area contributed by atoms with E-state index in [1.807, 2.05) is 42.6 Å². The van der Waals surface area contributed by atoms with Crippen molar-refractivity contribution >= 4 is 38.9 Å². The molecular weight excluding hydrogens is 542 g/mol. The van der Waals surface area contributed by atoms with Gasteiger partial charge in [0.2, 0.25) is 0 Å². The van der Waals surface area contributed by atoms with Gasteiger partial charge in [-0.2, -0.15) is 0 Å². The molecule has 0 bridgehead atoms. The number of nitrogens with one attached hydrogen (secondary N) is 2. The van der Waals surface area contributed by atoms with E-state index < -0.39 is 0 Å². The zero-order valence-electron chi connectivity index (χ0n) is 24.5. The Morgan fingerprint density at radius 3 is 2.35 bits per heavy atom. The molecule has 0 amide bonds. The first-order chi connectivity index (χ1) is 21.1. The molecule has 5 aromatic rings. The lowest BCUT2D eigenvalue weighted by molar-refractivity contribution is 0.132. The molecule has 9 heteroatoms. The molecule has 4 aromatic carbocycles. The van der Waals surface area contributed by atoms with E-state index in [4.69, 9.17) is 24.7 Å². The second-order valence-corrected chi connectivity index (χ2v) is 9.91. The van der Waals surface area contributed by atoms with Crippen LogP contribution in [0.1, 0.15) is 11.1 Å². The number of fused-ring (bicyclic) bond motifs is 2. The van der Waals surface area contributed by atoms with Crippen LogP contribution in [-0.4, -0.2) is 57.2 Å². The highest BCUT2D eigenvalue weighted by atomic mass is 16.5. The summed E-state index contributed by atoms with van der Waals surface area (Å²) in [7, 11) is 3.27. The Labute approximate surface area is 251 Å². The minimum atomic E-state index is 0.378. The fourth-order valence-electron chi connectivity index (χ4n) is 4.65. The van der Waals surface area contributed by atoms with Crippen LogP contribution < -0.4 is 25.8 Å². The second kappa shape index (κ2) is 14.9. The van der Waals surface area contributed by atoms with Gasteiger partial charge in [-0.15, -0.1) is 0 Å². The third-order valence-electron chi connectivity index (χ3n) is 6.88. The van der Waals surface area contributed by atoms with E-state index in [1.54, 1.807) is 14.2 Å². The molecule has 0 aliphatic heterocycles. The molecule has 222 valence electrons. The van der Waals surface area contributed by atoms with E-state index in [-0.39, 0.29) is 0 Å². The molecule has 0 fully saturated rings. The number of methoxy groups -OCH3 is 2. The van der Waals surface area contributed by atoms with Crippen molar-refractivity contribution in [3.63, 3.8) is 0 Å². The summed E-state index contributed by atoms with van der Waals surface area (Å²) in [5.74, 6) is 1.80. The highest BCUT2D eigenvalue weighted by Crippen LogP contribution is 2.35. The summed E-state index contributed by atoms with van der Waals surface area (Å²) in [4.78, 5) is 8.96. The van der Waals surface area contributed by atoms with E-state index in [9.17, 15) is 0 Å². The third kappa shape index (κ3) is 7.91. The van der Waals surface area contributed by atoms with Gasteiger partial charge in [-0.05, 0) is 41.0 Å². The van der Waals surface area contributed by atoms with E-state index in [0.717, 1.165) is 35.1 Å². The molecule has 5 rings (SSSR count). The average molecular weight is 580 g/mol. The van der Waals surface area contributed by atoms with Crippen molar-refractivity contribution in [1.82, 2.24) is 15.3 Å². The van der Waals surface area contributed by atoms with Crippen molar-refractivity contribution < 1.29 is 18.9 Å². The van der Waals surface area contributed by atoms with E-state index in [1.165, 1.54) is 22.7 Å². The van der Waals surface area contributed by atoms with Crippen molar-refractivity contribution in [2.45, 2.75) is 6.42 Å². The minimum absolute atomic E-state index is 0.378. The molecule has 1 heterocycles. The van der Waals surface area contributed by atoms with Crippen molar-refractivity contribution in [2.24, 2.45) is 5.73 Å². The molecule has 4 N–H and O–H groups in total. The molecule has 0 radical (unpaired) electrons. The number of anilines is 2. The monoisotopic (exact) mass is 579 g/mol. The summed E-state index contributed by atoms with van der Waals surface area (Å²) in [6.07, 6.45) is 4.27. The van der Waals surface area contributed by atoms with Crippen molar-refractivity contribution in [1.29, 1.82) is 0 Å². The molecule has 1 aromatic heterocycles. The Morgan fingerprint density at radius 2 is 1.56 bits per heavy atom. The molecular formula is C34H37N5O4. The van der Waals surface area contributed by atoms with Crippen molar-refractivity contribution in [3.8, 4) is 11.5 Å². The number of nitrogens with two attached hydrogens (primary N) is 1. The lowest BCUT2D eigenvalue weighted by Gasteiger charge is -2.15. The third-order valence-corrected chi connectivity index (χ3v) is 6.88. The highest BCUT2D eigenvalue weighted by molar-refractivity contribution is 5.93. The number of ether oxygens (including phenoxy) is 4. The van der Waals surface area contributed by atoms with Gasteiger partial charge in [-0.1, -0.05) is 54.6 Å². The topological polar surface area (TPSA) is 113 Å². The summed E-state index contributed by atoms with van der Waals surface area (Å²) in [5.41, 5.74) is 10.8. The van der Waals surface area contributed by atoms with Gasteiger partial charge in [0.15, 0.2) is 11.5 Å². The number of nitrogens with zero attached hydrogens (tertiary/aromatic N) is 2. The zero-order valence-corrected chi connectivity index (χ0v) is 24.5. The quantitative estimate of drug-likeness (QED) is 0.135. The summed E-state index contributed by atoms with van der Waals surface area (Å²) in [6, 6.07) is 26.6. The molecule has 0 saturated carbocycles. The van der Waals surface area contributed by atoms with Crippen LogP contribution in [-0.2, 0) is 15.9 Å². The zero-order chi connectivity index (χ0) is 29.9. The largest absolute Gasteiger partial charge is 0.487 e. The van der Waals surface area contributed by atoms with Crippen molar-refractivity contribution in [2.75, 3.05) is 52.5 Å². The van der Waals surface area contributed by atoms with Crippen LogP contribution in [0.4, 0.5) is 11.5 Å². The summed E-state index contributed by atoms with van der Waals surface area (Å²) in [5, 5.41) is 10.1. The number of hydrogen-bond acceptors (Lipinski definition) is 9. The summed E-state index contributed by atoms with van der Waals surface area (Å²) < 4.78 is 22.1. The normalized spacial score (nSPS) is 11.5. The highest BCUT2D eigenvalue weighted by Gasteiger charge is 2.13. The van der Waals surface area contributed by atoms with E-state index in [2.05, 4.69) is 63.1 Å². The first-order valence-electron chi connectivity index (χ1n) is 14.2. The Kier molecular flexibility index (Phi) is 10.2. The first kappa shape index (κ1) is 29.6. The van der Waals surface area contributed by atoms with Gasteiger partial charge in [0.25, 0.3) is 0 Å². The van der Waals surface area contributed by atoms with Gasteiger partial charge in [0, 0.05) is 49.7 Å². The van der Waals surface area contributed by atoms with Gasteiger partial charge in [0.1, 0.15) is 25.4 Å². The molecule has 0 aliphatic carbocycles. The Balaban J connectivity index is 1.28. The van der Waals surface area contributed by atoms with Gasteiger partial charge < -0.3 is 35.3 Å². The first-order valence-corrected chi connectivity index (χ1v) is 14.2. The number of benzene rings is 4. The van der Waals surface area contributed by atoms with Gasteiger partial charge in [-0.25, -0.2) is 9.97 Å². The lowest BCUT2D eigenvalue weighted by Crippen LogP contribution is -2.13. The van der Waals surface area contributed by atoms with Crippen LogP contribution in [0, 0.1) is 0 Å². The van der Waals surface area contributed by atoms with Crippen LogP contribution in [0.25, 0.3) is 27.4 Å². The van der Waals surface area contributed by atoms with Gasteiger partial charge >= 0.3 is 0 Å². The fraction of sp³-hybridized carbons (Fsp3) is 0.235. The van der Waals surface area contributed by atoms with Crippen LogP contribution >= 0.6 is 0 Å². The number of aromatic nitrogens is 2. The average Bonchev–Trinajstić information content (AvgIpc) is 3.03. The maximum atomic E-state index is 6.44. The van der Waals surface area contributed by atoms with E-state index >= 15 is 0 Å². The van der Waals surface area contributed by atoms with Gasteiger partial charge in [0.05, 0.1) is 24.4 Å². The molecule has 0 atom stereocenters. The van der Waals surface area contributed by atoms with E-state index in [0.29, 0.717) is 49.4 Å². The van der Waals surface area contributed by atoms with Gasteiger partial charge in [-0.3, -0.25) is 0 Å². The standard InChI is InChI=1S/C34H37N5O4/c1-40-14-16-42-32-20-29-31(21-33(32)43-17-15-41-2)37-23-38-34(29)39-28-9-5-8-27(19-28)30(35)22-36-13-12-24-10-11-25-6-3-4-7-26(25)18-24/h3-11,18-23,36H,12-17,35H2,1-2H3,(H,37,38,39)/b30-22-. The molecule has 0 saturated heterocycles. The molecule has 0 aliphatic rings. The van der Waals surface area contributed by atoms with Crippen molar-refractivity contribution in [3.05, 3.63) is 103 Å². The Morgan fingerprint density at radius 1 is 0.791 bits per heavy atom. The number of rotatable bonds is 15. The maximum Gasteiger partial charge on any atom is 0.163 e.